The van der Waals surface area contributed by atoms with Gasteiger partial charge in [0.2, 0.25) is 0 Å². The van der Waals surface area contributed by atoms with Crippen LogP contribution in [-0.4, -0.2) is 4.98 Å². The Morgan fingerprint density at radius 1 is 1.10 bits per heavy atom. The van der Waals surface area contributed by atoms with Gasteiger partial charge in [-0.05, 0) is 24.6 Å². The van der Waals surface area contributed by atoms with Gasteiger partial charge in [0.15, 0.2) is 0 Å². The van der Waals surface area contributed by atoms with Gasteiger partial charge in [-0.15, -0.1) is 0 Å². The van der Waals surface area contributed by atoms with E-state index in [1.165, 1.54) is 0 Å². The molecule has 1 heterocycles. The number of rotatable bonds is 2. The molecule has 0 saturated carbocycles. The summed E-state index contributed by atoms with van der Waals surface area (Å²) in [6, 6.07) is 15.7. The van der Waals surface area contributed by atoms with Gasteiger partial charge in [0.05, 0.1) is 21.9 Å². The molecule has 0 aliphatic carbocycles. The predicted octanol–water partition coefficient (Wildman–Crippen LogP) is 4.15. The standard InChI is InChI=1S/C16H14ClN3/c1-10-7-8-12(17)16-15(10)14(20-18)9-13(19-16)11-5-3-2-4-6-11/h2-9H,18H2,1H3,(H,19,20). The summed E-state index contributed by atoms with van der Waals surface area (Å²) in [5.41, 5.74) is 7.31. The monoisotopic (exact) mass is 283 g/mol. The van der Waals surface area contributed by atoms with Crippen LogP contribution >= 0.6 is 11.6 Å². The van der Waals surface area contributed by atoms with Gasteiger partial charge in [-0.25, -0.2) is 4.98 Å². The third-order valence-corrected chi connectivity index (χ3v) is 3.65. The molecule has 1 aromatic heterocycles. The number of aryl methyl sites for hydroxylation is 1. The van der Waals surface area contributed by atoms with Crippen LogP contribution in [0.4, 0.5) is 5.69 Å². The van der Waals surface area contributed by atoms with Crippen LogP contribution in [0.15, 0.2) is 48.5 Å². The Balaban J connectivity index is 2.35. The first-order valence-electron chi connectivity index (χ1n) is 6.32. The van der Waals surface area contributed by atoms with E-state index in [0.717, 1.165) is 33.4 Å². The maximum Gasteiger partial charge on any atom is 0.0919 e. The van der Waals surface area contributed by atoms with Gasteiger partial charge >= 0.3 is 0 Å². The van der Waals surface area contributed by atoms with Crippen molar-refractivity contribution >= 4 is 28.2 Å². The molecule has 0 radical (unpaired) electrons. The molecule has 0 atom stereocenters. The van der Waals surface area contributed by atoms with Crippen LogP contribution in [0.2, 0.25) is 5.02 Å². The van der Waals surface area contributed by atoms with E-state index in [1.807, 2.05) is 55.5 Å². The Morgan fingerprint density at radius 2 is 1.85 bits per heavy atom. The fraction of sp³-hybridized carbons (Fsp3) is 0.0625. The number of nitrogens with zero attached hydrogens (tertiary/aromatic N) is 1. The van der Waals surface area contributed by atoms with E-state index in [4.69, 9.17) is 17.4 Å². The highest BCUT2D eigenvalue weighted by molar-refractivity contribution is 6.35. The lowest BCUT2D eigenvalue weighted by molar-refractivity contribution is 1.32. The molecule has 0 unspecified atom stereocenters. The van der Waals surface area contributed by atoms with Crippen molar-refractivity contribution < 1.29 is 0 Å². The lowest BCUT2D eigenvalue weighted by Crippen LogP contribution is -2.08. The minimum absolute atomic E-state index is 0.625. The van der Waals surface area contributed by atoms with E-state index < -0.39 is 0 Å². The first-order valence-corrected chi connectivity index (χ1v) is 6.70. The summed E-state index contributed by atoms with van der Waals surface area (Å²) in [5.74, 6) is 5.66. The largest absolute Gasteiger partial charge is 0.323 e. The van der Waals surface area contributed by atoms with Crippen LogP contribution in [0.1, 0.15) is 5.56 Å². The number of aromatic nitrogens is 1. The second-order valence-electron chi connectivity index (χ2n) is 4.65. The van der Waals surface area contributed by atoms with Gasteiger partial charge in [0, 0.05) is 10.9 Å². The number of nitrogens with two attached hydrogens (primary N) is 1. The van der Waals surface area contributed by atoms with Gasteiger partial charge in [-0.2, -0.15) is 0 Å². The van der Waals surface area contributed by atoms with Crippen molar-refractivity contribution in [3.05, 3.63) is 59.1 Å². The zero-order valence-corrected chi connectivity index (χ0v) is 11.8. The number of pyridine rings is 1. The Labute approximate surface area is 122 Å². The third-order valence-electron chi connectivity index (χ3n) is 3.34. The summed E-state index contributed by atoms with van der Waals surface area (Å²) in [5, 5.41) is 1.58. The summed E-state index contributed by atoms with van der Waals surface area (Å²) < 4.78 is 0. The topological polar surface area (TPSA) is 50.9 Å². The normalized spacial score (nSPS) is 10.8. The van der Waals surface area contributed by atoms with Crippen LogP contribution in [-0.2, 0) is 0 Å². The number of halogens is 1. The van der Waals surface area contributed by atoms with Crippen molar-refractivity contribution in [3.8, 4) is 11.3 Å². The average molecular weight is 284 g/mol. The van der Waals surface area contributed by atoms with Crippen LogP contribution in [0.25, 0.3) is 22.2 Å². The Morgan fingerprint density at radius 3 is 2.55 bits per heavy atom. The Bertz CT molecular complexity index is 770. The van der Waals surface area contributed by atoms with Crippen molar-refractivity contribution in [1.29, 1.82) is 0 Å². The molecule has 0 amide bonds. The van der Waals surface area contributed by atoms with Gasteiger partial charge in [-0.3, -0.25) is 5.84 Å². The Kier molecular flexibility index (Phi) is 3.30. The average Bonchev–Trinajstić information content (AvgIpc) is 2.51. The van der Waals surface area contributed by atoms with Crippen molar-refractivity contribution in [3.63, 3.8) is 0 Å². The maximum absolute atomic E-state index is 6.29. The van der Waals surface area contributed by atoms with Crippen LogP contribution < -0.4 is 11.3 Å². The quantitative estimate of drug-likeness (QED) is 0.549. The molecule has 3 rings (SSSR count). The van der Waals surface area contributed by atoms with E-state index in [0.29, 0.717) is 5.02 Å². The Hall–Kier alpha value is -2.10. The van der Waals surface area contributed by atoms with E-state index in [1.54, 1.807) is 0 Å². The molecule has 4 heteroatoms. The summed E-state index contributed by atoms with van der Waals surface area (Å²) >= 11 is 6.29. The zero-order valence-electron chi connectivity index (χ0n) is 11.0. The number of hydrogen-bond donors (Lipinski definition) is 2. The molecule has 0 bridgehead atoms. The van der Waals surface area contributed by atoms with E-state index in [-0.39, 0.29) is 0 Å². The molecule has 0 saturated heterocycles. The lowest BCUT2D eigenvalue weighted by atomic mass is 10.0. The minimum Gasteiger partial charge on any atom is -0.323 e. The number of hydrazine groups is 1. The highest BCUT2D eigenvalue weighted by Gasteiger charge is 2.11. The molecule has 3 nitrogen and oxygen atoms in total. The lowest BCUT2D eigenvalue weighted by Gasteiger charge is -2.12. The van der Waals surface area contributed by atoms with Gasteiger partial charge < -0.3 is 5.43 Å². The second-order valence-corrected chi connectivity index (χ2v) is 5.06. The number of nitrogens with one attached hydrogen (secondary N) is 1. The number of benzene rings is 2. The molecule has 0 aliphatic rings. The molecule has 3 aromatic rings. The smallest absolute Gasteiger partial charge is 0.0919 e. The van der Waals surface area contributed by atoms with Gasteiger partial charge in [-0.1, -0.05) is 48.0 Å². The molecule has 0 fully saturated rings. The first-order chi connectivity index (χ1) is 9.70. The summed E-state index contributed by atoms with van der Waals surface area (Å²) in [6.45, 7) is 2.02. The van der Waals surface area contributed by atoms with Gasteiger partial charge in [0.1, 0.15) is 0 Å². The van der Waals surface area contributed by atoms with Gasteiger partial charge in [0.25, 0.3) is 0 Å². The van der Waals surface area contributed by atoms with E-state index in [9.17, 15) is 0 Å². The van der Waals surface area contributed by atoms with Crippen LogP contribution in [0.3, 0.4) is 0 Å². The fourth-order valence-corrected chi connectivity index (χ4v) is 2.55. The molecule has 20 heavy (non-hydrogen) atoms. The molecule has 3 N–H and O–H groups in total. The van der Waals surface area contributed by atoms with Crippen molar-refractivity contribution in [1.82, 2.24) is 4.98 Å². The molecule has 0 spiro atoms. The number of anilines is 1. The predicted molar refractivity (Wildman–Crippen MR) is 84.7 cm³/mol. The van der Waals surface area contributed by atoms with E-state index >= 15 is 0 Å². The number of hydrogen-bond acceptors (Lipinski definition) is 3. The molecule has 0 aliphatic heterocycles. The maximum atomic E-state index is 6.29. The fourth-order valence-electron chi connectivity index (χ4n) is 2.35. The highest BCUT2D eigenvalue weighted by atomic mass is 35.5. The third kappa shape index (κ3) is 2.11. The molecule has 100 valence electrons. The van der Waals surface area contributed by atoms with Crippen molar-refractivity contribution in [2.75, 3.05) is 5.43 Å². The molecule has 2 aromatic carbocycles. The summed E-state index contributed by atoms with van der Waals surface area (Å²) in [7, 11) is 0. The minimum atomic E-state index is 0.625. The molecular formula is C16H14ClN3. The molecular weight excluding hydrogens is 270 g/mol. The summed E-state index contributed by atoms with van der Waals surface area (Å²) in [6.07, 6.45) is 0. The zero-order chi connectivity index (χ0) is 14.1. The van der Waals surface area contributed by atoms with Crippen molar-refractivity contribution in [2.24, 2.45) is 5.84 Å². The summed E-state index contributed by atoms with van der Waals surface area (Å²) in [4.78, 5) is 4.69. The van der Waals surface area contributed by atoms with Crippen LogP contribution in [0.5, 0.6) is 0 Å². The SMILES string of the molecule is Cc1ccc(Cl)c2nc(-c3ccccc3)cc(NN)c12. The van der Waals surface area contributed by atoms with Crippen molar-refractivity contribution in [2.45, 2.75) is 6.92 Å². The van der Waals surface area contributed by atoms with Crippen LogP contribution in [0, 0.1) is 6.92 Å². The van der Waals surface area contributed by atoms with E-state index in [2.05, 4.69) is 10.4 Å². The highest BCUT2D eigenvalue weighted by Crippen LogP contribution is 2.33. The second kappa shape index (κ2) is 5.12. The first kappa shape index (κ1) is 12.9. The number of fused-ring (bicyclic) bond motifs is 1. The number of nitrogen functional groups attached to an aromatic ring is 1.